The van der Waals surface area contributed by atoms with E-state index in [1.54, 1.807) is 0 Å². The second kappa shape index (κ2) is 6.20. The Morgan fingerprint density at radius 1 is 1.00 bits per heavy atom. The molecule has 0 aromatic heterocycles. The van der Waals surface area contributed by atoms with Gasteiger partial charge in [0, 0.05) is 6.04 Å². The van der Waals surface area contributed by atoms with Crippen molar-refractivity contribution in [2.24, 2.45) is 0 Å². The normalized spacial score (nSPS) is 13.1. The molecule has 1 atom stereocenters. The maximum Gasteiger partial charge on any atom is 0.216 e. The lowest BCUT2D eigenvalue weighted by atomic mass is 10.1. The summed E-state index contributed by atoms with van der Waals surface area (Å²) in [7, 11) is -3.34. The molecule has 0 amide bonds. The predicted octanol–water partition coefficient (Wildman–Crippen LogP) is 3.18. The number of benzene rings is 2. The molecule has 0 bridgehead atoms. The van der Waals surface area contributed by atoms with E-state index in [0.29, 0.717) is 0 Å². The highest BCUT2D eigenvalue weighted by Crippen LogP contribution is 2.14. The minimum atomic E-state index is -3.34. The van der Waals surface area contributed by atoms with Crippen LogP contribution in [0.2, 0.25) is 0 Å². The molecule has 0 spiro atoms. The van der Waals surface area contributed by atoms with E-state index >= 15 is 0 Å². The summed E-state index contributed by atoms with van der Waals surface area (Å²) in [4.78, 5) is 0. The summed E-state index contributed by atoms with van der Waals surface area (Å²) in [5, 5.41) is 0. The highest BCUT2D eigenvalue weighted by Gasteiger charge is 2.16. The predicted molar refractivity (Wildman–Crippen MR) is 81.8 cm³/mol. The molecule has 0 heterocycles. The van der Waals surface area contributed by atoms with Crippen molar-refractivity contribution < 1.29 is 8.42 Å². The SMILES string of the molecule is Cc1ccc(CS(=O)(=O)NC(C)c2ccccc2)cc1. The van der Waals surface area contributed by atoms with Crippen molar-refractivity contribution >= 4 is 10.0 Å². The lowest BCUT2D eigenvalue weighted by molar-refractivity contribution is 0.566. The van der Waals surface area contributed by atoms with Gasteiger partial charge in [-0.15, -0.1) is 0 Å². The highest BCUT2D eigenvalue weighted by atomic mass is 32.2. The first kappa shape index (κ1) is 14.8. The van der Waals surface area contributed by atoms with Crippen molar-refractivity contribution in [1.82, 2.24) is 4.72 Å². The number of nitrogens with one attached hydrogen (secondary N) is 1. The van der Waals surface area contributed by atoms with Gasteiger partial charge in [-0.3, -0.25) is 0 Å². The fourth-order valence-electron chi connectivity index (χ4n) is 2.02. The molecule has 1 N–H and O–H groups in total. The Bertz CT molecular complexity index is 649. The van der Waals surface area contributed by atoms with Crippen LogP contribution >= 0.6 is 0 Å². The van der Waals surface area contributed by atoms with Gasteiger partial charge in [0.05, 0.1) is 5.75 Å². The van der Waals surface area contributed by atoms with Gasteiger partial charge in [0.2, 0.25) is 10.0 Å². The molecule has 0 aliphatic rings. The van der Waals surface area contributed by atoms with Crippen LogP contribution in [0.4, 0.5) is 0 Å². The third kappa shape index (κ3) is 4.18. The van der Waals surface area contributed by atoms with Gasteiger partial charge in [0.1, 0.15) is 0 Å². The first-order chi connectivity index (χ1) is 9.46. The maximum absolute atomic E-state index is 12.2. The van der Waals surface area contributed by atoms with Crippen LogP contribution in [0.1, 0.15) is 29.7 Å². The Morgan fingerprint density at radius 3 is 2.20 bits per heavy atom. The van der Waals surface area contributed by atoms with Gasteiger partial charge in [-0.05, 0) is 25.0 Å². The third-order valence-electron chi connectivity index (χ3n) is 3.13. The van der Waals surface area contributed by atoms with Crippen molar-refractivity contribution in [3.63, 3.8) is 0 Å². The lowest BCUT2D eigenvalue weighted by Crippen LogP contribution is -2.28. The molecule has 2 aromatic carbocycles. The van der Waals surface area contributed by atoms with Crippen LogP contribution < -0.4 is 4.72 Å². The Morgan fingerprint density at radius 2 is 1.60 bits per heavy atom. The summed E-state index contributed by atoms with van der Waals surface area (Å²) in [6.07, 6.45) is 0. The van der Waals surface area contributed by atoms with Crippen molar-refractivity contribution in [3.05, 3.63) is 71.3 Å². The fraction of sp³-hybridized carbons (Fsp3) is 0.250. The smallest absolute Gasteiger partial charge is 0.212 e. The van der Waals surface area contributed by atoms with Gasteiger partial charge in [-0.1, -0.05) is 60.2 Å². The Balaban J connectivity index is 2.06. The molecule has 0 aliphatic heterocycles. The molecule has 2 aromatic rings. The van der Waals surface area contributed by atoms with E-state index in [2.05, 4.69) is 4.72 Å². The van der Waals surface area contributed by atoms with E-state index < -0.39 is 10.0 Å². The summed E-state index contributed by atoms with van der Waals surface area (Å²) in [6, 6.07) is 16.9. The lowest BCUT2D eigenvalue weighted by Gasteiger charge is -2.14. The summed E-state index contributed by atoms with van der Waals surface area (Å²) in [5.41, 5.74) is 2.88. The van der Waals surface area contributed by atoms with Crippen molar-refractivity contribution in [2.45, 2.75) is 25.6 Å². The van der Waals surface area contributed by atoms with Crippen molar-refractivity contribution in [3.8, 4) is 0 Å². The van der Waals surface area contributed by atoms with E-state index in [-0.39, 0.29) is 11.8 Å². The van der Waals surface area contributed by atoms with Gasteiger partial charge < -0.3 is 0 Å². The van der Waals surface area contributed by atoms with E-state index in [1.807, 2.05) is 68.4 Å². The van der Waals surface area contributed by atoms with Gasteiger partial charge in [-0.25, -0.2) is 13.1 Å². The van der Waals surface area contributed by atoms with Gasteiger partial charge in [0.15, 0.2) is 0 Å². The van der Waals surface area contributed by atoms with Crippen molar-refractivity contribution in [2.75, 3.05) is 0 Å². The quantitative estimate of drug-likeness (QED) is 0.919. The Kier molecular flexibility index (Phi) is 4.57. The second-order valence-corrected chi connectivity index (χ2v) is 6.75. The van der Waals surface area contributed by atoms with E-state index in [1.165, 1.54) is 0 Å². The van der Waals surface area contributed by atoms with Gasteiger partial charge in [0.25, 0.3) is 0 Å². The number of rotatable bonds is 5. The minimum Gasteiger partial charge on any atom is -0.212 e. The number of aryl methyl sites for hydroxylation is 1. The second-order valence-electron chi connectivity index (χ2n) is 4.99. The van der Waals surface area contributed by atoms with Crippen LogP contribution in [0.3, 0.4) is 0 Å². The number of hydrogen-bond donors (Lipinski definition) is 1. The van der Waals surface area contributed by atoms with E-state index in [0.717, 1.165) is 16.7 Å². The van der Waals surface area contributed by atoms with Crippen LogP contribution in [-0.4, -0.2) is 8.42 Å². The molecule has 106 valence electrons. The van der Waals surface area contributed by atoms with E-state index in [4.69, 9.17) is 0 Å². The van der Waals surface area contributed by atoms with Crippen LogP contribution in [-0.2, 0) is 15.8 Å². The topological polar surface area (TPSA) is 46.2 Å². The van der Waals surface area contributed by atoms with Gasteiger partial charge in [-0.2, -0.15) is 0 Å². The van der Waals surface area contributed by atoms with Crippen LogP contribution in [0.15, 0.2) is 54.6 Å². The Hall–Kier alpha value is -1.65. The average Bonchev–Trinajstić information content (AvgIpc) is 2.41. The summed E-state index contributed by atoms with van der Waals surface area (Å²) in [6.45, 7) is 3.83. The molecular weight excluding hydrogens is 270 g/mol. The largest absolute Gasteiger partial charge is 0.216 e. The maximum atomic E-state index is 12.2. The molecule has 0 fully saturated rings. The fourth-order valence-corrected chi connectivity index (χ4v) is 3.41. The molecule has 0 aliphatic carbocycles. The molecular formula is C16H19NO2S. The molecule has 0 radical (unpaired) electrons. The van der Waals surface area contributed by atoms with Gasteiger partial charge >= 0.3 is 0 Å². The summed E-state index contributed by atoms with van der Waals surface area (Å²) >= 11 is 0. The number of hydrogen-bond acceptors (Lipinski definition) is 2. The molecule has 3 nitrogen and oxygen atoms in total. The molecule has 0 saturated carbocycles. The molecule has 2 rings (SSSR count). The number of sulfonamides is 1. The zero-order valence-corrected chi connectivity index (χ0v) is 12.5. The summed E-state index contributed by atoms with van der Waals surface area (Å²) < 4.78 is 27.0. The van der Waals surface area contributed by atoms with Crippen LogP contribution in [0.5, 0.6) is 0 Å². The molecule has 1 unspecified atom stereocenters. The summed E-state index contributed by atoms with van der Waals surface area (Å²) in [5.74, 6) is 0.00442. The van der Waals surface area contributed by atoms with E-state index in [9.17, 15) is 8.42 Å². The van der Waals surface area contributed by atoms with Crippen molar-refractivity contribution in [1.29, 1.82) is 0 Å². The average molecular weight is 289 g/mol. The van der Waals surface area contributed by atoms with Crippen LogP contribution in [0, 0.1) is 6.92 Å². The minimum absolute atomic E-state index is 0.00442. The highest BCUT2D eigenvalue weighted by molar-refractivity contribution is 7.88. The van der Waals surface area contributed by atoms with Crippen LogP contribution in [0.25, 0.3) is 0 Å². The standard InChI is InChI=1S/C16H19NO2S/c1-13-8-10-15(11-9-13)12-20(18,19)17-14(2)16-6-4-3-5-7-16/h3-11,14,17H,12H2,1-2H3. The zero-order chi connectivity index (χ0) is 14.6. The first-order valence-electron chi connectivity index (χ1n) is 6.57. The zero-order valence-electron chi connectivity index (χ0n) is 11.7. The first-order valence-corrected chi connectivity index (χ1v) is 8.22. The molecule has 20 heavy (non-hydrogen) atoms. The molecule has 4 heteroatoms. The monoisotopic (exact) mass is 289 g/mol. The molecule has 0 saturated heterocycles. The third-order valence-corrected chi connectivity index (χ3v) is 4.56. The Labute approximate surface area is 120 Å².